The van der Waals surface area contributed by atoms with Crippen molar-refractivity contribution in [3.8, 4) is 0 Å². The molecule has 1 aromatic carbocycles. The quantitative estimate of drug-likeness (QED) is 0.646. The monoisotopic (exact) mass is 318 g/mol. The Morgan fingerprint density at radius 3 is 2.61 bits per heavy atom. The van der Waals surface area contributed by atoms with Gasteiger partial charge in [-0.2, -0.15) is 0 Å². The van der Waals surface area contributed by atoms with Gasteiger partial charge in [-0.05, 0) is 43.0 Å². The Morgan fingerprint density at radius 2 is 2.00 bits per heavy atom. The van der Waals surface area contributed by atoms with E-state index in [2.05, 4.69) is 5.32 Å². The number of hydrogen-bond donors (Lipinski definition) is 2. The first-order chi connectivity index (χ1) is 11.0. The molecule has 5 heteroatoms. The van der Waals surface area contributed by atoms with Crippen molar-refractivity contribution >= 4 is 17.6 Å². The highest BCUT2D eigenvalue weighted by atomic mass is 16.5. The zero-order chi connectivity index (χ0) is 16.8. The molecule has 0 spiro atoms. The Labute approximate surface area is 137 Å². The van der Waals surface area contributed by atoms with E-state index in [1.54, 1.807) is 18.2 Å². The molecule has 23 heavy (non-hydrogen) atoms. The van der Waals surface area contributed by atoms with Gasteiger partial charge < -0.3 is 15.8 Å². The van der Waals surface area contributed by atoms with Crippen LogP contribution in [0.2, 0.25) is 0 Å². The highest BCUT2D eigenvalue weighted by molar-refractivity contribution is 5.97. The van der Waals surface area contributed by atoms with Crippen LogP contribution in [0.1, 0.15) is 54.4 Å². The standard InChI is InChI=1S/C18H26N2O3/c1-12-10-14(8-9-15(12)19)17(21)20-16(18(22)23-2)11-13-6-4-3-5-7-13/h8-10,13,16H,3-7,11,19H2,1-2H3,(H,20,21). The summed E-state index contributed by atoms with van der Waals surface area (Å²) in [5.41, 5.74) is 7.78. The molecule has 0 radical (unpaired) electrons. The van der Waals surface area contributed by atoms with E-state index < -0.39 is 6.04 Å². The van der Waals surface area contributed by atoms with Crippen molar-refractivity contribution in [2.24, 2.45) is 5.92 Å². The first kappa shape index (κ1) is 17.3. The summed E-state index contributed by atoms with van der Waals surface area (Å²) < 4.78 is 4.86. The van der Waals surface area contributed by atoms with Crippen LogP contribution in [-0.4, -0.2) is 25.0 Å². The van der Waals surface area contributed by atoms with Gasteiger partial charge in [0, 0.05) is 11.3 Å². The van der Waals surface area contributed by atoms with Crippen molar-refractivity contribution in [3.05, 3.63) is 29.3 Å². The Morgan fingerprint density at radius 1 is 1.30 bits per heavy atom. The first-order valence-electron chi connectivity index (χ1n) is 8.26. The number of hydrogen-bond acceptors (Lipinski definition) is 4. The summed E-state index contributed by atoms with van der Waals surface area (Å²) in [6.07, 6.45) is 6.53. The van der Waals surface area contributed by atoms with E-state index in [1.807, 2.05) is 6.92 Å². The maximum atomic E-state index is 12.4. The lowest BCUT2D eigenvalue weighted by atomic mass is 9.84. The first-order valence-corrected chi connectivity index (χ1v) is 8.26. The van der Waals surface area contributed by atoms with Gasteiger partial charge in [-0.15, -0.1) is 0 Å². The van der Waals surface area contributed by atoms with Crippen LogP contribution in [0.4, 0.5) is 5.69 Å². The molecule has 0 saturated heterocycles. The van der Waals surface area contributed by atoms with Gasteiger partial charge in [0.15, 0.2) is 0 Å². The van der Waals surface area contributed by atoms with Crippen LogP contribution in [-0.2, 0) is 9.53 Å². The lowest BCUT2D eigenvalue weighted by Crippen LogP contribution is -2.43. The molecule has 1 amide bonds. The Balaban J connectivity index is 2.05. The average Bonchev–Trinajstić information content (AvgIpc) is 2.56. The van der Waals surface area contributed by atoms with Gasteiger partial charge in [0.05, 0.1) is 7.11 Å². The van der Waals surface area contributed by atoms with Crippen molar-refractivity contribution in [1.29, 1.82) is 0 Å². The number of aryl methyl sites for hydroxylation is 1. The minimum absolute atomic E-state index is 0.265. The number of rotatable bonds is 5. The number of anilines is 1. The largest absolute Gasteiger partial charge is 0.467 e. The average molecular weight is 318 g/mol. The zero-order valence-electron chi connectivity index (χ0n) is 13.9. The van der Waals surface area contributed by atoms with Crippen molar-refractivity contribution in [1.82, 2.24) is 5.32 Å². The number of ether oxygens (including phenoxy) is 1. The second kappa shape index (κ2) is 7.99. The summed E-state index contributed by atoms with van der Waals surface area (Å²) in [4.78, 5) is 24.4. The molecule has 0 bridgehead atoms. The molecule has 1 aliphatic carbocycles. The fraction of sp³-hybridized carbons (Fsp3) is 0.556. The minimum Gasteiger partial charge on any atom is -0.467 e. The number of esters is 1. The van der Waals surface area contributed by atoms with Crippen LogP contribution in [0, 0.1) is 12.8 Å². The Hall–Kier alpha value is -2.04. The minimum atomic E-state index is -0.589. The highest BCUT2D eigenvalue weighted by Gasteiger charge is 2.26. The van der Waals surface area contributed by atoms with Gasteiger partial charge >= 0.3 is 5.97 Å². The second-order valence-corrected chi connectivity index (χ2v) is 6.36. The van der Waals surface area contributed by atoms with Gasteiger partial charge in [0.1, 0.15) is 6.04 Å². The van der Waals surface area contributed by atoms with Crippen LogP contribution in [0.15, 0.2) is 18.2 Å². The number of nitrogens with two attached hydrogens (primary N) is 1. The summed E-state index contributed by atoms with van der Waals surface area (Å²) in [6, 6.07) is 4.53. The van der Waals surface area contributed by atoms with E-state index in [0.717, 1.165) is 18.4 Å². The van der Waals surface area contributed by atoms with Gasteiger partial charge in [0.25, 0.3) is 5.91 Å². The molecule has 2 rings (SSSR count). The molecule has 1 aromatic rings. The topological polar surface area (TPSA) is 81.4 Å². The van der Waals surface area contributed by atoms with Crippen LogP contribution >= 0.6 is 0 Å². The maximum absolute atomic E-state index is 12.4. The summed E-state index contributed by atoms with van der Waals surface area (Å²) >= 11 is 0. The molecule has 126 valence electrons. The maximum Gasteiger partial charge on any atom is 0.328 e. The van der Waals surface area contributed by atoms with E-state index >= 15 is 0 Å². The van der Waals surface area contributed by atoms with Crippen LogP contribution in [0.5, 0.6) is 0 Å². The predicted molar refractivity (Wildman–Crippen MR) is 90.1 cm³/mol. The van der Waals surface area contributed by atoms with Crippen molar-refractivity contribution in [2.45, 2.75) is 51.5 Å². The number of amides is 1. The number of carbonyl (C=O) groups excluding carboxylic acids is 2. The second-order valence-electron chi connectivity index (χ2n) is 6.36. The summed E-state index contributed by atoms with van der Waals surface area (Å²) in [5.74, 6) is -0.170. The third kappa shape index (κ3) is 4.71. The SMILES string of the molecule is COC(=O)C(CC1CCCCC1)NC(=O)c1ccc(N)c(C)c1. The molecular formula is C18H26N2O3. The predicted octanol–water partition coefficient (Wildman–Crippen LogP) is 2.82. The Kier molecular flexibility index (Phi) is 6.02. The Bertz CT molecular complexity index is 565. The van der Waals surface area contributed by atoms with Crippen molar-refractivity contribution < 1.29 is 14.3 Å². The molecule has 1 unspecified atom stereocenters. The lowest BCUT2D eigenvalue weighted by Gasteiger charge is -2.25. The number of benzene rings is 1. The highest BCUT2D eigenvalue weighted by Crippen LogP contribution is 2.27. The molecule has 0 aromatic heterocycles. The van der Waals surface area contributed by atoms with Gasteiger partial charge in [-0.25, -0.2) is 4.79 Å². The van der Waals surface area contributed by atoms with Gasteiger partial charge in [0.2, 0.25) is 0 Å². The molecule has 3 N–H and O–H groups in total. The molecular weight excluding hydrogens is 292 g/mol. The van der Waals surface area contributed by atoms with E-state index in [1.165, 1.54) is 26.4 Å². The summed E-state index contributed by atoms with van der Waals surface area (Å²) in [6.45, 7) is 1.85. The number of carbonyl (C=O) groups is 2. The van der Waals surface area contributed by atoms with Crippen LogP contribution < -0.4 is 11.1 Å². The molecule has 1 aliphatic rings. The van der Waals surface area contributed by atoms with E-state index in [9.17, 15) is 9.59 Å². The third-order valence-corrected chi connectivity index (χ3v) is 4.62. The number of nitrogens with one attached hydrogen (secondary N) is 1. The summed E-state index contributed by atoms with van der Waals surface area (Å²) in [5, 5.41) is 2.82. The van der Waals surface area contributed by atoms with E-state index in [-0.39, 0.29) is 11.9 Å². The lowest BCUT2D eigenvalue weighted by molar-refractivity contribution is -0.143. The molecule has 1 fully saturated rings. The molecule has 1 saturated carbocycles. The van der Waals surface area contributed by atoms with Crippen LogP contribution in [0.25, 0.3) is 0 Å². The molecule has 5 nitrogen and oxygen atoms in total. The molecule has 0 heterocycles. The smallest absolute Gasteiger partial charge is 0.328 e. The number of nitrogen functional groups attached to an aromatic ring is 1. The normalized spacial score (nSPS) is 16.6. The number of methoxy groups -OCH3 is 1. The third-order valence-electron chi connectivity index (χ3n) is 4.62. The summed E-state index contributed by atoms with van der Waals surface area (Å²) in [7, 11) is 1.36. The zero-order valence-corrected chi connectivity index (χ0v) is 13.9. The van der Waals surface area contributed by atoms with E-state index in [4.69, 9.17) is 10.5 Å². The van der Waals surface area contributed by atoms with Gasteiger partial charge in [-0.1, -0.05) is 32.1 Å². The van der Waals surface area contributed by atoms with Crippen LogP contribution in [0.3, 0.4) is 0 Å². The van der Waals surface area contributed by atoms with Crippen molar-refractivity contribution in [2.75, 3.05) is 12.8 Å². The van der Waals surface area contributed by atoms with Gasteiger partial charge in [-0.3, -0.25) is 4.79 Å². The van der Waals surface area contributed by atoms with E-state index in [0.29, 0.717) is 23.6 Å². The van der Waals surface area contributed by atoms with Crippen molar-refractivity contribution in [3.63, 3.8) is 0 Å². The molecule has 1 atom stereocenters. The molecule has 0 aliphatic heterocycles. The fourth-order valence-electron chi connectivity index (χ4n) is 3.17. The fourth-order valence-corrected chi connectivity index (χ4v) is 3.17.